The molecule has 3 heterocycles. The summed E-state index contributed by atoms with van der Waals surface area (Å²) in [5.74, 6) is 1.10. The first-order valence-corrected chi connectivity index (χ1v) is 5.72. The molecule has 1 amide bonds. The van der Waals surface area contributed by atoms with Gasteiger partial charge in [0.1, 0.15) is 5.82 Å². The molecule has 2 aromatic heterocycles. The third-order valence-electron chi connectivity index (χ3n) is 2.77. The number of aryl methyl sites for hydroxylation is 2. The second-order valence-corrected chi connectivity index (χ2v) is 4.06. The Hall–Kier alpha value is -2.38. The van der Waals surface area contributed by atoms with Crippen molar-refractivity contribution in [2.24, 2.45) is 7.05 Å². The standard InChI is InChI=1S/C10H13N7O/c1-16-7(3-5-12-16)13-9(18)8-14-10-11-4-2-6-17(10)15-8/h3,5H,2,4,6H2,1H3,(H,13,18)(H,11,14,15). The molecule has 0 bridgehead atoms. The van der Waals surface area contributed by atoms with E-state index in [4.69, 9.17) is 0 Å². The van der Waals surface area contributed by atoms with E-state index in [2.05, 4.69) is 25.8 Å². The lowest BCUT2D eigenvalue weighted by Crippen LogP contribution is -2.18. The first-order chi connectivity index (χ1) is 8.74. The van der Waals surface area contributed by atoms with Crippen molar-refractivity contribution in [3.63, 3.8) is 0 Å². The summed E-state index contributed by atoms with van der Waals surface area (Å²) < 4.78 is 3.29. The van der Waals surface area contributed by atoms with Gasteiger partial charge in [0.2, 0.25) is 11.8 Å². The number of amides is 1. The van der Waals surface area contributed by atoms with Gasteiger partial charge in [-0.15, -0.1) is 5.10 Å². The summed E-state index contributed by atoms with van der Waals surface area (Å²) in [6.07, 6.45) is 2.60. The summed E-state index contributed by atoms with van der Waals surface area (Å²) in [7, 11) is 1.75. The van der Waals surface area contributed by atoms with Crippen molar-refractivity contribution in [3.05, 3.63) is 18.1 Å². The Kier molecular flexibility index (Phi) is 2.47. The van der Waals surface area contributed by atoms with Crippen LogP contribution in [0.5, 0.6) is 0 Å². The van der Waals surface area contributed by atoms with Gasteiger partial charge in [0.15, 0.2) is 0 Å². The van der Waals surface area contributed by atoms with Crippen LogP contribution in [-0.4, -0.2) is 37.0 Å². The Bertz CT molecular complexity index is 561. The van der Waals surface area contributed by atoms with Gasteiger partial charge in [0.05, 0.1) is 6.20 Å². The molecule has 1 aliphatic heterocycles. The normalized spacial score (nSPS) is 13.8. The summed E-state index contributed by atoms with van der Waals surface area (Å²) in [5.41, 5.74) is 0. The zero-order valence-electron chi connectivity index (χ0n) is 9.92. The number of carbonyl (C=O) groups excluding carboxylic acids is 1. The van der Waals surface area contributed by atoms with Crippen LogP contribution in [0, 0.1) is 0 Å². The highest BCUT2D eigenvalue weighted by atomic mass is 16.2. The number of aromatic nitrogens is 5. The van der Waals surface area contributed by atoms with Crippen molar-refractivity contribution in [3.8, 4) is 0 Å². The Morgan fingerprint density at radius 2 is 2.44 bits per heavy atom. The number of carbonyl (C=O) groups is 1. The summed E-state index contributed by atoms with van der Waals surface area (Å²) in [6, 6.07) is 1.71. The van der Waals surface area contributed by atoms with Crippen molar-refractivity contribution in [1.29, 1.82) is 0 Å². The van der Waals surface area contributed by atoms with Crippen molar-refractivity contribution in [2.75, 3.05) is 17.2 Å². The summed E-state index contributed by atoms with van der Waals surface area (Å²) in [5, 5.41) is 13.9. The number of anilines is 2. The average Bonchev–Trinajstić information content (AvgIpc) is 2.96. The minimum Gasteiger partial charge on any atom is -0.354 e. The topological polar surface area (TPSA) is 89.7 Å². The minimum atomic E-state index is -0.331. The first kappa shape index (κ1) is 10.8. The smallest absolute Gasteiger partial charge is 0.296 e. The summed E-state index contributed by atoms with van der Waals surface area (Å²) in [6.45, 7) is 1.65. The second kappa shape index (κ2) is 4.13. The van der Waals surface area contributed by atoms with E-state index in [1.807, 2.05) is 0 Å². The number of rotatable bonds is 2. The fourth-order valence-electron chi connectivity index (χ4n) is 1.82. The van der Waals surface area contributed by atoms with Gasteiger partial charge in [-0.3, -0.25) is 9.48 Å². The van der Waals surface area contributed by atoms with Crippen LogP contribution in [0.2, 0.25) is 0 Å². The maximum absolute atomic E-state index is 12.0. The fourth-order valence-corrected chi connectivity index (χ4v) is 1.82. The van der Waals surface area contributed by atoms with E-state index in [0.29, 0.717) is 11.8 Å². The maximum atomic E-state index is 12.0. The molecule has 8 nitrogen and oxygen atoms in total. The lowest BCUT2D eigenvalue weighted by Gasteiger charge is -2.12. The van der Waals surface area contributed by atoms with Gasteiger partial charge < -0.3 is 10.6 Å². The minimum absolute atomic E-state index is 0.167. The Balaban J connectivity index is 1.80. The third kappa shape index (κ3) is 1.81. The molecule has 0 aliphatic carbocycles. The van der Waals surface area contributed by atoms with Gasteiger partial charge in [-0.25, -0.2) is 4.68 Å². The van der Waals surface area contributed by atoms with Crippen LogP contribution >= 0.6 is 0 Å². The maximum Gasteiger partial charge on any atom is 0.296 e. The summed E-state index contributed by atoms with van der Waals surface area (Å²) >= 11 is 0. The highest BCUT2D eigenvalue weighted by Gasteiger charge is 2.19. The van der Waals surface area contributed by atoms with Gasteiger partial charge in [0, 0.05) is 26.2 Å². The quantitative estimate of drug-likeness (QED) is 0.784. The SMILES string of the molecule is Cn1nccc1NC(=O)c1nc2n(n1)CCCN2. The van der Waals surface area contributed by atoms with Crippen LogP contribution in [0.25, 0.3) is 0 Å². The fraction of sp³-hybridized carbons (Fsp3) is 0.400. The predicted molar refractivity (Wildman–Crippen MR) is 64.3 cm³/mol. The van der Waals surface area contributed by atoms with E-state index in [9.17, 15) is 4.79 Å². The first-order valence-electron chi connectivity index (χ1n) is 5.72. The molecule has 0 atom stereocenters. The lowest BCUT2D eigenvalue weighted by atomic mass is 10.4. The highest BCUT2D eigenvalue weighted by molar-refractivity contribution is 6.01. The molecule has 0 unspecified atom stereocenters. The Morgan fingerprint density at radius 3 is 3.17 bits per heavy atom. The molecule has 8 heteroatoms. The van der Waals surface area contributed by atoms with Gasteiger partial charge in [-0.05, 0) is 6.42 Å². The number of hydrogen-bond acceptors (Lipinski definition) is 5. The van der Waals surface area contributed by atoms with E-state index < -0.39 is 0 Å². The highest BCUT2D eigenvalue weighted by Crippen LogP contribution is 2.12. The van der Waals surface area contributed by atoms with Crippen molar-refractivity contribution < 1.29 is 4.79 Å². The number of nitrogens with one attached hydrogen (secondary N) is 2. The Morgan fingerprint density at radius 1 is 1.56 bits per heavy atom. The van der Waals surface area contributed by atoms with Crippen molar-refractivity contribution in [1.82, 2.24) is 24.5 Å². The number of hydrogen-bond donors (Lipinski definition) is 2. The van der Waals surface area contributed by atoms with E-state index >= 15 is 0 Å². The van der Waals surface area contributed by atoms with Gasteiger partial charge in [0.25, 0.3) is 5.91 Å². The molecular weight excluding hydrogens is 234 g/mol. The Labute approximate surface area is 103 Å². The second-order valence-electron chi connectivity index (χ2n) is 4.06. The van der Waals surface area contributed by atoms with E-state index in [-0.39, 0.29) is 11.7 Å². The van der Waals surface area contributed by atoms with Gasteiger partial charge in [-0.1, -0.05) is 0 Å². The van der Waals surface area contributed by atoms with Gasteiger partial charge >= 0.3 is 0 Å². The zero-order chi connectivity index (χ0) is 12.5. The third-order valence-corrected chi connectivity index (χ3v) is 2.77. The zero-order valence-corrected chi connectivity index (χ0v) is 9.92. The molecule has 2 aromatic rings. The van der Waals surface area contributed by atoms with E-state index in [1.165, 1.54) is 0 Å². The van der Waals surface area contributed by atoms with Crippen molar-refractivity contribution in [2.45, 2.75) is 13.0 Å². The molecule has 0 saturated heterocycles. The van der Waals surface area contributed by atoms with Crippen LogP contribution in [0.3, 0.4) is 0 Å². The summed E-state index contributed by atoms with van der Waals surface area (Å²) in [4.78, 5) is 16.1. The molecule has 0 fully saturated rings. The van der Waals surface area contributed by atoms with Crippen LogP contribution in [0.1, 0.15) is 17.0 Å². The van der Waals surface area contributed by atoms with Gasteiger partial charge in [-0.2, -0.15) is 10.1 Å². The molecule has 18 heavy (non-hydrogen) atoms. The van der Waals surface area contributed by atoms with E-state index in [1.54, 1.807) is 28.7 Å². The van der Waals surface area contributed by atoms with Crippen LogP contribution < -0.4 is 10.6 Å². The van der Waals surface area contributed by atoms with E-state index in [0.717, 1.165) is 19.5 Å². The number of fused-ring (bicyclic) bond motifs is 1. The van der Waals surface area contributed by atoms with Crippen molar-refractivity contribution >= 4 is 17.7 Å². The van der Waals surface area contributed by atoms with Crippen LogP contribution in [-0.2, 0) is 13.6 Å². The molecular formula is C10H13N7O. The predicted octanol–water partition coefficient (Wildman–Crippen LogP) is 0.0795. The molecule has 2 N–H and O–H groups in total. The molecule has 0 radical (unpaired) electrons. The molecule has 0 saturated carbocycles. The molecule has 1 aliphatic rings. The molecule has 0 spiro atoms. The molecule has 0 aromatic carbocycles. The van der Waals surface area contributed by atoms with Crippen LogP contribution in [0.4, 0.5) is 11.8 Å². The lowest BCUT2D eigenvalue weighted by molar-refractivity contribution is 0.101. The number of nitrogens with zero attached hydrogens (tertiary/aromatic N) is 5. The molecule has 3 rings (SSSR count). The monoisotopic (exact) mass is 247 g/mol. The van der Waals surface area contributed by atoms with Crippen LogP contribution in [0.15, 0.2) is 12.3 Å². The molecule has 94 valence electrons. The largest absolute Gasteiger partial charge is 0.354 e. The average molecular weight is 247 g/mol.